The molecule has 0 aromatic carbocycles. The Hall–Kier alpha value is -0.770. The van der Waals surface area contributed by atoms with E-state index >= 15 is 0 Å². The van der Waals surface area contributed by atoms with Crippen molar-refractivity contribution in [2.45, 2.75) is 104 Å². The van der Waals surface area contributed by atoms with Gasteiger partial charge in [0, 0.05) is 18.6 Å². The Morgan fingerprint density at radius 3 is 2.39 bits per heavy atom. The molecule has 0 aliphatic heterocycles. The molecular weight excluding hydrogens is 288 g/mol. The standard InChI is InChI=1S/C19H38N2O2/c1-6-8-13-16(7-2)21-17(15-11-9-10-12-15)14-20-18(22)23-19(3,4)5/h15-17,21H,6-14H2,1-5H3,(H,20,22). The normalized spacial score (nSPS) is 18.7. The van der Waals surface area contributed by atoms with Gasteiger partial charge in [0.05, 0.1) is 0 Å². The van der Waals surface area contributed by atoms with Crippen molar-refractivity contribution >= 4 is 6.09 Å². The summed E-state index contributed by atoms with van der Waals surface area (Å²) in [5, 5.41) is 6.81. The van der Waals surface area contributed by atoms with E-state index in [1.165, 1.54) is 44.9 Å². The number of carbonyl (C=O) groups excluding carboxylic acids is 1. The summed E-state index contributed by atoms with van der Waals surface area (Å²) in [6.07, 6.45) is 9.77. The van der Waals surface area contributed by atoms with E-state index in [0.717, 1.165) is 6.42 Å². The van der Waals surface area contributed by atoms with E-state index in [1.807, 2.05) is 20.8 Å². The highest BCUT2D eigenvalue weighted by molar-refractivity contribution is 5.67. The molecule has 1 rings (SSSR count). The molecule has 1 amide bonds. The Morgan fingerprint density at radius 1 is 1.22 bits per heavy atom. The second kappa shape index (κ2) is 10.2. The molecule has 0 spiro atoms. The first-order valence-corrected chi connectivity index (χ1v) is 9.58. The van der Waals surface area contributed by atoms with Crippen molar-refractivity contribution in [3.63, 3.8) is 0 Å². The molecule has 0 heterocycles. The van der Waals surface area contributed by atoms with Crippen LogP contribution in [0.5, 0.6) is 0 Å². The summed E-state index contributed by atoms with van der Waals surface area (Å²) in [5.41, 5.74) is -0.437. The van der Waals surface area contributed by atoms with Gasteiger partial charge in [0.15, 0.2) is 0 Å². The highest BCUT2D eigenvalue weighted by Gasteiger charge is 2.27. The number of nitrogens with one attached hydrogen (secondary N) is 2. The molecule has 4 heteroatoms. The number of alkyl carbamates (subject to hydrolysis) is 1. The minimum Gasteiger partial charge on any atom is -0.444 e. The smallest absolute Gasteiger partial charge is 0.407 e. The van der Waals surface area contributed by atoms with Gasteiger partial charge in [-0.1, -0.05) is 39.5 Å². The number of carbonyl (C=O) groups is 1. The fourth-order valence-electron chi connectivity index (χ4n) is 3.39. The molecular formula is C19H38N2O2. The summed E-state index contributed by atoms with van der Waals surface area (Å²) >= 11 is 0. The summed E-state index contributed by atoms with van der Waals surface area (Å²) in [4.78, 5) is 11.9. The summed E-state index contributed by atoms with van der Waals surface area (Å²) in [6.45, 7) is 10.9. The summed E-state index contributed by atoms with van der Waals surface area (Å²) < 4.78 is 5.37. The molecule has 4 nitrogen and oxygen atoms in total. The van der Waals surface area contributed by atoms with E-state index in [0.29, 0.717) is 24.5 Å². The van der Waals surface area contributed by atoms with Crippen molar-refractivity contribution in [3.05, 3.63) is 0 Å². The third kappa shape index (κ3) is 8.59. The zero-order valence-corrected chi connectivity index (χ0v) is 15.9. The van der Waals surface area contributed by atoms with Gasteiger partial charge >= 0.3 is 6.09 Å². The van der Waals surface area contributed by atoms with Crippen LogP contribution in [-0.2, 0) is 4.74 Å². The Labute approximate surface area is 143 Å². The molecule has 2 unspecified atom stereocenters. The number of amides is 1. The fourth-order valence-corrected chi connectivity index (χ4v) is 3.39. The van der Waals surface area contributed by atoms with Gasteiger partial charge in [0.1, 0.15) is 5.60 Å². The predicted molar refractivity (Wildman–Crippen MR) is 96.7 cm³/mol. The van der Waals surface area contributed by atoms with Crippen molar-refractivity contribution in [1.82, 2.24) is 10.6 Å². The van der Waals surface area contributed by atoms with Crippen molar-refractivity contribution in [2.24, 2.45) is 5.92 Å². The Balaban J connectivity index is 2.53. The van der Waals surface area contributed by atoms with E-state index in [9.17, 15) is 4.79 Å². The lowest BCUT2D eigenvalue weighted by Gasteiger charge is -2.30. The maximum atomic E-state index is 11.9. The topological polar surface area (TPSA) is 50.4 Å². The molecule has 0 radical (unpaired) electrons. The molecule has 1 fully saturated rings. The molecule has 1 saturated carbocycles. The maximum Gasteiger partial charge on any atom is 0.407 e. The van der Waals surface area contributed by atoms with Crippen LogP contribution in [0, 0.1) is 5.92 Å². The van der Waals surface area contributed by atoms with E-state index in [-0.39, 0.29) is 6.09 Å². The van der Waals surface area contributed by atoms with Gasteiger partial charge in [-0.15, -0.1) is 0 Å². The number of ether oxygens (including phenoxy) is 1. The van der Waals surface area contributed by atoms with Crippen LogP contribution < -0.4 is 10.6 Å². The van der Waals surface area contributed by atoms with Gasteiger partial charge in [-0.3, -0.25) is 0 Å². The van der Waals surface area contributed by atoms with E-state index in [1.54, 1.807) is 0 Å². The summed E-state index contributed by atoms with van der Waals surface area (Å²) in [5.74, 6) is 0.681. The van der Waals surface area contributed by atoms with Gasteiger partial charge in [-0.25, -0.2) is 4.79 Å². The van der Waals surface area contributed by atoms with Gasteiger partial charge in [-0.2, -0.15) is 0 Å². The highest BCUT2D eigenvalue weighted by atomic mass is 16.6. The molecule has 0 aromatic rings. The van der Waals surface area contributed by atoms with Crippen LogP contribution in [0.2, 0.25) is 0 Å². The van der Waals surface area contributed by atoms with Crippen LogP contribution in [-0.4, -0.2) is 30.3 Å². The van der Waals surface area contributed by atoms with Crippen molar-refractivity contribution in [2.75, 3.05) is 6.54 Å². The van der Waals surface area contributed by atoms with Crippen LogP contribution in [0.15, 0.2) is 0 Å². The monoisotopic (exact) mass is 326 g/mol. The number of unbranched alkanes of at least 4 members (excludes halogenated alkanes) is 1. The van der Waals surface area contributed by atoms with Crippen LogP contribution in [0.1, 0.15) is 86.0 Å². The van der Waals surface area contributed by atoms with Crippen molar-refractivity contribution in [3.8, 4) is 0 Å². The highest BCUT2D eigenvalue weighted by Crippen LogP contribution is 2.28. The summed E-state index contributed by atoms with van der Waals surface area (Å²) in [7, 11) is 0. The van der Waals surface area contributed by atoms with Crippen LogP contribution in [0.3, 0.4) is 0 Å². The third-order valence-electron chi connectivity index (χ3n) is 4.68. The first-order valence-electron chi connectivity index (χ1n) is 9.58. The average Bonchev–Trinajstić information content (AvgIpc) is 2.99. The average molecular weight is 327 g/mol. The number of hydrogen-bond acceptors (Lipinski definition) is 3. The van der Waals surface area contributed by atoms with Gasteiger partial charge in [0.2, 0.25) is 0 Å². The predicted octanol–water partition coefficient (Wildman–Crippen LogP) is 4.63. The number of rotatable bonds is 9. The Morgan fingerprint density at radius 2 is 1.87 bits per heavy atom. The first kappa shape index (κ1) is 20.3. The quantitative estimate of drug-likeness (QED) is 0.649. The van der Waals surface area contributed by atoms with E-state index in [2.05, 4.69) is 24.5 Å². The number of hydrogen-bond donors (Lipinski definition) is 2. The largest absolute Gasteiger partial charge is 0.444 e. The van der Waals surface area contributed by atoms with Gasteiger partial charge < -0.3 is 15.4 Å². The Kier molecular flexibility index (Phi) is 8.96. The molecule has 136 valence electrons. The van der Waals surface area contributed by atoms with Gasteiger partial charge in [-0.05, 0) is 52.4 Å². The fraction of sp³-hybridized carbons (Fsp3) is 0.947. The van der Waals surface area contributed by atoms with Crippen LogP contribution >= 0.6 is 0 Å². The second-order valence-electron chi connectivity index (χ2n) is 7.95. The molecule has 23 heavy (non-hydrogen) atoms. The summed E-state index contributed by atoms with van der Waals surface area (Å²) in [6, 6.07) is 0.924. The zero-order valence-electron chi connectivity index (χ0n) is 15.9. The zero-order chi connectivity index (χ0) is 17.3. The minimum atomic E-state index is -0.437. The van der Waals surface area contributed by atoms with E-state index < -0.39 is 5.60 Å². The lowest BCUT2D eigenvalue weighted by Crippen LogP contribution is -2.49. The van der Waals surface area contributed by atoms with E-state index in [4.69, 9.17) is 4.74 Å². The van der Waals surface area contributed by atoms with Crippen molar-refractivity contribution in [1.29, 1.82) is 0 Å². The molecule has 0 aromatic heterocycles. The lowest BCUT2D eigenvalue weighted by atomic mass is 9.95. The second-order valence-corrected chi connectivity index (χ2v) is 7.95. The molecule has 2 atom stereocenters. The molecule has 2 N–H and O–H groups in total. The molecule has 0 saturated heterocycles. The first-order chi connectivity index (χ1) is 10.9. The SMILES string of the molecule is CCCCC(CC)NC(CNC(=O)OC(C)(C)C)C1CCCC1. The maximum absolute atomic E-state index is 11.9. The Bertz CT molecular complexity index is 333. The molecule has 1 aliphatic rings. The molecule has 1 aliphatic carbocycles. The van der Waals surface area contributed by atoms with Crippen molar-refractivity contribution < 1.29 is 9.53 Å². The van der Waals surface area contributed by atoms with Crippen LogP contribution in [0.25, 0.3) is 0 Å². The van der Waals surface area contributed by atoms with Crippen LogP contribution in [0.4, 0.5) is 4.79 Å². The van der Waals surface area contributed by atoms with Gasteiger partial charge in [0.25, 0.3) is 0 Å². The molecule has 0 bridgehead atoms. The third-order valence-corrected chi connectivity index (χ3v) is 4.68. The minimum absolute atomic E-state index is 0.302. The lowest BCUT2D eigenvalue weighted by molar-refractivity contribution is 0.0516.